The number of hydrogen-bond acceptors (Lipinski definition) is 3. The van der Waals surface area contributed by atoms with Crippen molar-refractivity contribution in [3.05, 3.63) is 30.3 Å². The highest BCUT2D eigenvalue weighted by atomic mass is 16.2. The normalized spacial score (nSPS) is 35.7. The van der Waals surface area contributed by atoms with Gasteiger partial charge in [0.25, 0.3) is 0 Å². The van der Waals surface area contributed by atoms with Crippen molar-refractivity contribution in [2.45, 2.75) is 50.6 Å². The van der Waals surface area contributed by atoms with Crippen LogP contribution in [0.5, 0.6) is 0 Å². The summed E-state index contributed by atoms with van der Waals surface area (Å²) in [7, 11) is 0. The third-order valence-electron chi connectivity index (χ3n) is 6.41. The zero-order chi connectivity index (χ0) is 16.5. The Morgan fingerprint density at radius 3 is 2.50 bits per heavy atom. The molecule has 3 aliphatic rings. The predicted molar refractivity (Wildman–Crippen MR) is 96.6 cm³/mol. The van der Waals surface area contributed by atoms with Crippen molar-refractivity contribution in [3.8, 4) is 0 Å². The van der Waals surface area contributed by atoms with E-state index in [1.165, 1.54) is 19.3 Å². The van der Waals surface area contributed by atoms with Crippen LogP contribution in [-0.2, 0) is 4.79 Å². The molecule has 1 aliphatic heterocycles. The number of fused-ring (bicyclic) bond motifs is 2. The lowest BCUT2D eigenvalue weighted by atomic mass is 9.65. The summed E-state index contributed by atoms with van der Waals surface area (Å²) in [4.78, 5) is 15.1. The second kappa shape index (κ2) is 6.75. The highest BCUT2D eigenvalue weighted by molar-refractivity contribution is 5.79. The van der Waals surface area contributed by atoms with E-state index in [0.717, 1.165) is 38.0 Å². The minimum absolute atomic E-state index is 0.218. The summed E-state index contributed by atoms with van der Waals surface area (Å²) in [5, 5.41) is 3.56. The number of rotatable bonds is 3. The maximum atomic E-state index is 13.0. The Morgan fingerprint density at radius 1 is 1.08 bits per heavy atom. The molecule has 4 rings (SSSR count). The summed E-state index contributed by atoms with van der Waals surface area (Å²) in [6, 6.07) is 11.0. The van der Waals surface area contributed by atoms with E-state index in [4.69, 9.17) is 5.73 Å². The van der Waals surface area contributed by atoms with Gasteiger partial charge in [0, 0.05) is 36.8 Å². The van der Waals surface area contributed by atoms with Gasteiger partial charge < -0.3 is 16.0 Å². The average Bonchev–Trinajstić information content (AvgIpc) is 3.03. The summed E-state index contributed by atoms with van der Waals surface area (Å²) in [6.45, 7) is 1.73. The van der Waals surface area contributed by atoms with Crippen LogP contribution in [-0.4, -0.2) is 36.0 Å². The lowest BCUT2D eigenvalue weighted by Gasteiger charge is -2.44. The van der Waals surface area contributed by atoms with Gasteiger partial charge in [-0.3, -0.25) is 4.79 Å². The molecule has 2 saturated carbocycles. The van der Waals surface area contributed by atoms with Crippen molar-refractivity contribution in [2.24, 2.45) is 23.5 Å². The van der Waals surface area contributed by atoms with Crippen molar-refractivity contribution in [2.75, 3.05) is 18.4 Å². The number of para-hydroxylation sites is 1. The molecule has 3 unspecified atom stereocenters. The van der Waals surface area contributed by atoms with Gasteiger partial charge in [-0.1, -0.05) is 24.6 Å². The van der Waals surface area contributed by atoms with Crippen LogP contribution in [0.1, 0.15) is 38.5 Å². The van der Waals surface area contributed by atoms with Crippen LogP contribution in [0.25, 0.3) is 0 Å². The van der Waals surface area contributed by atoms with Gasteiger partial charge in [0.1, 0.15) is 0 Å². The van der Waals surface area contributed by atoms with E-state index >= 15 is 0 Å². The number of anilines is 1. The van der Waals surface area contributed by atoms with Crippen LogP contribution in [0.4, 0.5) is 5.69 Å². The molecule has 3 atom stereocenters. The van der Waals surface area contributed by atoms with E-state index in [9.17, 15) is 4.79 Å². The Balaban J connectivity index is 1.34. The number of carbonyl (C=O) groups excluding carboxylic acids is 1. The topological polar surface area (TPSA) is 58.4 Å². The molecule has 4 nitrogen and oxygen atoms in total. The Kier molecular flexibility index (Phi) is 4.49. The molecule has 24 heavy (non-hydrogen) atoms. The van der Waals surface area contributed by atoms with Crippen molar-refractivity contribution in [1.82, 2.24) is 4.90 Å². The highest BCUT2D eigenvalue weighted by Crippen LogP contribution is 2.42. The number of nitrogens with zero attached hydrogens (tertiary/aromatic N) is 1. The number of carbonyl (C=O) groups is 1. The van der Waals surface area contributed by atoms with Gasteiger partial charge in [0.15, 0.2) is 0 Å². The molecule has 1 aromatic rings. The summed E-state index contributed by atoms with van der Waals surface area (Å²) in [5.41, 5.74) is 7.52. The summed E-state index contributed by atoms with van der Waals surface area (Å²) in [6.07, 6.45) is 6.82. The maximum absolute atomic E-state index is 13.0. The first-order valence-corrected chi connectivity index (χ1v) is 9.56. The minimum Gasteiger partial charge on any atom is -0.380 e. The number of likely N-dealkylation sites (tertiary alicyclic amines) is 1. The Morgan fingerprint density at radius 2 is 1.79 bits per heavy atom. The lowest BCUT2D eigenvalue weighted by Crippen LogP contribution is -2.49. The van der Waals surface area contributed by atoms with Gasteiger partial charge in [-0.25, -0.2) is 0 Å². The molecule has 4 heteroatoms. The van der Waals surface area contributed by atoms with E-state index in [1.807, 2.05) is 18.2 Å². The van der Waals surface area contributed by atoms with E-state index in [1.54, 1.807) is 0 Å². The number of amides is 1. The van der Waals surface area contributed by atoms with Gasteiger partial charge in [-0.05, 0) is 56.1 Å². The third kappa shape index (κ3) is 3.16. The van der Waals surface area contributed by atoms with E-state index in [0.29, 0.717) is 29.8 Å². The van der Waals surface area contributed by atoms with E-state index < -0.39 is 0 Å². The van der Waals surface area contributed by atoms with Gasteiger partial charge >= 0.3 is 0 Å². The molecule has 1 amide bonds. The molecule has 2 aliphatic carbocycles. The fourth-order valence-corrected chi connectivity index (χ4v) is 5.10. The van der Waals surface area contributed by atoms with Crippen LogP contribution in [0.15, 0.2) is 30.3 Å². The largest absolute Gasteiger partial charge is 0.380 e. The number of nitrogens with two attached hydrogens (primary N) is 1. The number of benzene rings is 1. The minimum atomic E-state index is 0.218. The van der Waals surface area contributed by atoms with Crippen LogP contribution < -0.4 is 11.1 Å². The smallest absolute Gasteiger partial charge is 0.225 e. The molecule has 1 heterocycles. The molecule has 0 radical (unpaired) electrons. The summed E-state index contributed by atoms with van der Waals surface area (Å²) < 4.78 is 0. The molecule has 0 aromatic heterocycles. The van der Waals surface area contributed by atoms with Crippen LogP contribution in [0, 0.1) is 17.8 Å². The SMILES string of the molecule is NC1C2CCCC1CC(C(=O)N1CCC(Nc3ccccc3)C1)C2. The van der Waals surface area contributed by atoms with Crippen molar-refractivity contribution >= 4 is 11.6 Å². The van der Waals surface area contributed by atoms with Gasteiger partial charge in [-0.2, -0.15) is 0 Å². The van der Waals surface area contributed by atoms with Gasteiger partial charge in [0.2, 0.25) is 5.91 Å². The van der Waals surface area contributed by atoms with Gasteiger partial charge in [0.05, 0.1) is 0 Å². The molecule has 130 valence electrons. The Labute approximate surface area is 144 Å². The second-order valence-corrected chi connectivity index (χ2v) is 7.98. The molecule has 1 aromatic carbocycles. The summed E-state index contributed by atoms with van der Waals surface area (Å²) >= 11 is 0. The third-order valence-corrected chi connectivity index (χ3v) is 6.41. The molecule has 2 bridgehead atoms. The number of nitrogens with one attached hydrogen (secondary N) is 1. The first-order chi connectivity index (χ1) is 11.7. The maximum Gasteiger partial charge on any atom is 0.225 e. The van der Waals surface area contributed by atoms with E-state index in [2.05, 4.69) is 22.3 Å². The van der Waals surface area contributed by atoms with Crippen LogP contribution in [0.3, 0.4) is 0 Å². The molecule has 0 spiro atoms. The first-order valence-electron chi connectivity index (χ1n) is 9.56. The highest BCUT2D eigenvalue weighted by Gasteiger charge is 2.42. The van der Waals surface area contributed by atoms with Crippen LogP contribution >= 0.6 is 0 Å². The molecular weight excluding hydrogens is 298 g/mol. The predicted octanol–water partition coefficient (Wildman–Crippen LogP) is 2.85. The second-order valence-electron chi connectivity index (χ2n) is 7.98. The van der Waals surface area contributed by atoms with Crippen LogP contribution in [0.2, 0.25) is 0 Å². The van der Waals surface area contributed by atoms with Gasteiger partial charge in [-0.15, -0.1) is 0 Å². The zero-order valence-electron chi connectivity index (χ0n) is 14.4. The number of hydrogen-bond donors (Lipinski definition) is 2. The quantitative estimate of drug-likeness (QED) is 0.897. The van der Waals surface area contributed by atoms with E-state index in [-0.39, 0.29) is 5.92 Å². The first kappa shape index (κ1) is 15.9. The molecule has 3 fully saturated rings. The summed E-state index contributed by atoms with van der Waals surface area (Å²) in [5.74, 6) is 1.76. The fraction of sp³-hybridized carbons (Fsp3) is 0.650. The molecular formula is C20H29N3O. The molecule has 1 saturated heterocycles. The standard InChI is InChI=1S/C20H29N3O/c21-19-14-5-4-6-15(19)12-16(11-14)20(24)23-10-9-18(13-23)22-17-7-2-1-3-8-17/h1-3,7-8,14-16,18-19,22H,4-6,9-13,21H2. The van der Waals surface area contributed by atoms with Crippen molar-refractivity contribution in [1.29, 1.82) is 0 Å². The average molecular weight is 327 g/mol. The van der Waals surface area contributed by atoms with Crippen molar-refractivity contribution < 1.29 is 4.79 Å². The fourth-order valence-electron chi connectivity index (χ4n) is 5.10. The Bertz CT molecular complexity index is 562. The van der Waals surface area contributed by atoms with Crippen molar-refractivity contribution in [3.63, 3.8) is 0 Å². The zero-order valence-corrected chi connectivity index (χ0v) is 14.4. The monoisotopic (exact) mass is 327 g/mol. The lowest BCUT2D eigenvalue weighted by molar-refractivity contribution is -0.137. The Hall–Kier alpha value is -1.55. The molecule has 3 N–H and O–H groups in total.